The van der Waals surface area contributed by atoms with Gasteiger partial charge in [-0.15, -0.1) is 0 Å². The molecule has 7 nitrogen and oxygen atoms in total. The van der Waals surface area contributed by atoms with Gasteiger partial charge in [-0.2, -0.15) is 0 Å². The van der Waals surface area contributed by atoms with Crippen molar-refractivity contribution in [1.29, 1.82) is 0 Å². The van der Waals surface area contributed by atoms with Crippen molar-refractivity contribution in [1.82, 2.24) is 5.43 Å². The van der Waals surface area contributed by atoms with E-state index in [1.165, 1.54) is 12.1 Å². The molecule has 1 rings (SSSR count). The highest BCUT2D eigenvalue weighted by Gasteiger charge is 2.17. The third-order valence-corrected chi connectivity index (χ3v) is 2.29. The molecule has 0 radical (unpaired) electrons. The van der Waals surface area contributed by atoms with E-state index in [2.05, 4.69) is 0 Å². The van der Waals surface area contributed by atoms with E-state index < -0.39 is 10.8 Å². The van der Waals surface area contributed by atoms with Gasteiger partial charge in [0.25, 0.3) is 5.91 Å². The van der Waals surface area contributed by atoms with E-state index in [-0.39, 0.29) is 18.0 Å². The Morgan fingerprint density at radius 3 is 2.59 bits per heavy atom. The molecule has 0 unspecified atom stereocenters. The topological polar surface area (TPSA) is 107 Å². The number of nitrogens with zero attached hydrogens (tertiary/aromatic N) is 1. The second kappa shape index (κ2) is 5.26. The lowest BCUT2D eigenvalue weighted by Gasteiger charge is -2.08. The third kappa shape index (κ3) is 3.15. The first-order chi connectivity index (χ1) is 7.95. The first kappa shape index (κ1) is 12.9. The molecule has 0 atom stereocenters. The summed E-state index contributed by atoms with van der Waals surface area (Å²) in [5, 5.41) is 10.8. The molecule has 3 N–H and O–H groups in total. The Hall–Kier alpha value is -2.15. The number of ether oxygens (including phenoxy) is 1. The van der Waals surface area contributed by atoms with Crippen molar-refractivity contribution >= 4 is 11.6 Å². The Bertz CT molecular complexity index is 459. The summed E-state index contributed by atoms with van der Waals surface area (Å²) in [6.07, 6.45) is 0. The van der Waals surface area contributed by atoms with Crippen LogP contribution in [-0.4, -0.2) is 17.4 Å². The molecule has 1 amide bonds. The number of hydrogen-bond acceptors (Lipinski definition) is 5. The molecule has 0 saturated carbocycles. The number of hydrazine groups is 1. The Morgan fingerprint density at radius 1 is 1.47 bits per heavy atom. The van der Waals surface area contributed by atoms with Gasteiger partial charge in [0.1, 0.15) is 0 Å². The Balaban J connectivity index is 3.00. The first-order valence-electron chi connectivity index (χ1n) is 4.83. The number of rotatable bonds is 4. The van der Waals surface area contributed by atoms with E-state index in [0.717, 1.165) is 11.1 Å². The summed E-state index contributed by atoms with van der Waals surface area (Å²) in [4.78, 5) is 21.1. The van der Waals surface area contributed by atoms with Crippen LogP contribution in [0.4, 0.5) is 5.69 Å². The highest BCUT2D eigenvalue weighted by Crippen LogP contribution is 2.29. The van der Waals surface area contributed by atoms with Crippen molar-refractivity contribution in [3.63, 3.8) is 0 Å². The predicted molar refractivity (Wildman–Crippen MR) is 60.4 cm³/mol. The number of benzene rings is 1. The van der Waals surface area contributed by atoms with Crippen LogP contribution in [-0.2, 0) is 4.79 Å². The van der Waals surface area contributed by atoms with Crippen molar-refractivity contribution in [2.24, 2.45) is 5.84 Å². The molecule has 17 heavy (non-hydrogen) atoms. The summed E-state index contributed by atoms with van der Waals surface area (Å²) in [6.45, 7) is 3.20. The van der Waals surface area contributed by atoms with Crippen LogP contribution < -0.4 is 16.0 Å². The number of nitro groups is 1. The molecular weight excluding hydrogens is 226 g/mol. The van der Waals surface area contributed by atoms with Crippen molar-refractivity contribution in [2.45, 2.75) is 13.8 Å². The molecule has 0 aliphatic carbocycles. The molecule has 0 aromatic heterocycles. The summed E-state index contributed by atoms with van der Waals surface area (Å²) in [5.74, 6) is 4.37. The zero-order chi connectivity index (χ0) is 13.0. The lowest BCUT2D eigenvalue weighted by molar-refractivity contribution is -0.385. The Kier molecular flexibility index (Phi) is 4.00. The van der Waals surface area contributed by atoms with Crippen molar-refractivity contribution < 1.29 is 14.5 Å². The van der Waals surface area contributed by atoms with E-state index in [1.54, 1.807) is 13.8 Å². The molecule has 0 aliphatic heterocycles. The minimum Gasteiger partial charge on any atom is -0.477 e. The molecule has 92 valence electrons. The van der Waals surface area contributed by atoms with Crippen LogP contribution in [0.3, 0.4) is 0 Å². The smallest absolute Gasteiger partial charge is 0.311 e. The maximum atomic E-state index is 10.9. The summed E-state index contributed by atoms with van der Waals surface area (Å²) >= 11 is 0. The number of nitro benzene ring substituents is 1. The number of carbonyl (C=O) groups excluding carboxylic acids is 1. The average molecular weight is 239 g/mol. The SMILES string of the molecule is Cc1cc(OCC(=O)NN)c([N+](=O)[O-])cc1C. The van der Waals surface area contributed by atoms with E-state index >= 15 is 0 Å². The van der Waals surface area contributed by atoms with Gasteiger partial charge in [0.2, 0.25) is 0 Å². The van der Waals surface area contributed by atoms with Crippen LogP contribution in [0.2, 0.25) is 0 Å². The molecule has 1 aromatic rings. The fraction of sp³-hybridized carbons (Fsp3) is 0.300. The summed E-state index contributed by atoms with van der Waals surface area (Å²) < 4.78 is 5.05. The molecule has 0 saturated heterocycles. The van der Waals surface area contributed by atoms with Gasteiger partial charge in [0, 0.05) is 6.07 Å². The predicted octanol–water partition coefficient (Wildman–Crippen LogP) is 0.580. The van der Waals surface area contributed by atoms with Crippen LogP contribution in [0.5, 0.6) is 5.75 Å². The van der Waals surface area contributed by atoms with Gasteiger partial charge in [-0.1, -0.05) is 0 Å². The maximum absolute atomic E-state index is 10.9. The minimum atomic E-state index is -0.558. The molecule has 0 fully saturated rings. The molecule has 0 heterocycles. The summed E-state index contributed by atoms with van der Waals surface area (Å²) in [7, 11) is 0. The summed E-state index contributed by atoms with van der Waals surface area (Å²) in [6, 6.07) is 2.93. The highest BCUT2D eigenvalue weighted by molar-refractivity contribution is 5.77. The van der Waals surface area contributed by atoms with Gasteiger partial charge in [-0.05, 0) is 31.0 Å². The highest BCUT2D eigenvalue weighted by atomic mass is 16.6. The lowest BCUT2D eigenvalue weighted by atomic mass is 10.1. The molecule has 0 spiro atoms. The van der Waals surface area contributed by atoms with Crippen LogP contribution in [0.15, 0.2) is 12.1 Å². The van der Waals surface area contributed by atoms with Crippen LogP contribution >= 0.6 is 0 Å². The monoisotopic (exact) mass is 239 g/mol. The van der Waals surface area contributed by atoms with E-state index in [9.17, 15) is 14.9 Å². The van der Waals surface area contributed by atoms with Crippen LogP contribution in [0.1, 0.15) is 11.1 Å². The van der Waals surface area contributed by atoms with Gasteiger partial charge < -0.3 is 4.74 Å². The standard InChI is InChI=1S/C10H13N3O4/c1-6-3-8(13(15)16)9(4-7(6)2)17-5-10(14)12-11/h3-4H,5,11H2,1-2H3,(H,12,14). The van der Waals surface area contributed by atoms with Gasteiger partial charge in [-0.25, -0.2) is 5.84 Å². The van der Waals surface area contributed by atoms with Gasteiger partial charge in [0.05, 0.1) is 4.92 Å². The largest absolute Gasteiger partial charge is 0.477 e. The number of nitrogens with one attached hydrogen (secondary N) is 1. The number of amides is 1. The number of hydrogen-bond donors (Lipinski definition) is 2. The average Bonchev–Trinajstić information content (AvgIpc) is 2.29. The van der Waals surface area contributed by atoms with E-state index in [0.29, 0.717) is 0 Å². The zero-order valence-electron chi connectivity index (χ0n) is 9.52. The fourth-order valence-electron chi connectivity index (χ4n) is 1.22. The zero-order valence-corrected chi connectivity index (χ0v) is 9.52. The first-order valence-corrected chi connectivity index (χ1v) is 4.83. The second-order valence-corrected chi connectivity index (χ2v) is 3.52. The molecular formula is C10H13N3O4. The van der Waals surface area contributed by atoms with E-state index in [4.69, 9.17) is 10.6 Å². The Labute approximate surface area is 97.7 Å². The quantitative estimate of drug-likeness (QED) is 0.346. The number of nitrogens with two attached hydrogens (primary N) is 1. The normalized spacial score (nSPS) is 9.82. The lowest BCUT2D eigenvalue weighted by Crippen LogP contribution is -2.34. The van der Waals surface area contributed by atoms with Crippen molar-refractivity contribution in [3.8, 4) is 5.75 Å². The van der Waals surface area contributed by atoms with E-state index in [1.807, 2.05) is 5.43 Å². The van der Waals surface area contributed by atoms with Crippen molar-refractivity contribution in [3.05, 3.63) is 33.4 Å². The fourth-order valence-corrected chi connectivity index (χ4v) is 1.22. The molecule has 0 bridgehead atoms. The van der Waals surface area contributed by atoms with Crippen molar-refractivity contribution in [2.75, 3.05) is 6.61 Å². The van der Waals surface area contributed by atoms with Gasteiger partial charge in [-0.3, -0.25) is 20.3 Å². The van der Waals surface area contributed by atoms with Gasteiger partial charge in [0.15, 0.2) is 12.4 Å². The van der Waals surface area contributed by atoms with Crippen LogP contribution in [0.25, 0.3) is 0 Å². The second-order valence-electron chi connectivity index (χ2n) is 3.52. The molecule has 1 aromatic carbocycles. The summed E-state index contributed by atoms with van der Waals surface area (Å²) in [5.41, 5.74) is 3.34. The number of carbonyl (C=O) groups is 1. The molecule has 7 heteroatoms. The maximum Gasteiger partial charge on any atom is 0.311 e. The minimum absolute atomic E-state index is 0.0571. The third-order valence-electron chi connectivity index (χ3n) is 2.29. The number of aryl methyl sites for hydroxylation is 2. The molecule has 0 aliphatic rings. The van der Waals surface area contributed by atoms with Gasteiger partial charge >= 0.3 is 5.69 Å². The Morgan fingerprint density at radius 2 is 2.06 bits per heavy atom. The van der Waals surface area contributed by atoms with Crippen LogP contribution in [0, 0.1) is 24.0 Å².